The molecule has 0 spiro atoms. The van der Waals surface area contributed by atoms with Crippen molar-refractivity contribution in [1.29, 1.82) is 0 Å². The smallest absolute Gasteiger partial charge is 0.300 e. The zero-order chi connectivity index (χ0) is 33.9. The second-order valence-electron chi connectivity index (χ2n) is 10.7. The van der Waals surface area contributed by atoms with E-state index < -0.39 is 15.9 Å². The Labute approximate surface area is 276 Å². The fourth-order valence-electron chi connectivity index (χ4n) is 4.75. The average molecular weight is 683 g/mol. The normalized spacial score (nSPS) is 11.6. The van der Waals surface area contributed by atoms with Crippen LogP contribution in [0.4, 0.5) is 11.4 Å². The zero-order valence-corrected chi connectivity index (χ0v) is 27.3. The van der Waals surface area contributed by atoms with Crippen LogP contribution in [-0.4, -0.2) is 85.0 Å². The minimum Gasteiger partial charge on any atom is -0.761 e. The molecule has 0 radical (unpaired) electrons. The molecule has 0 bridgehead atoms. The summed E-state index contributed by atoms with van der Waals surface area (Å²) in [5, 5.41) is 19.3. The van der Waals surface area contributed by atoms with Crippen molar-refractivity contribution in [3.63, 3.8) is 0 Å². The molecule has 15 nitrogen and oxygen atoms in total. The number of anilines is 2. The Bertz CT molecular complexity index is 1930. The Balaban J connectivity index is 0.962. The SMILES string of the molecule is CN(C)c1ccc2cc(C(=O)NS(=O)(=O)c3ccccc3OCCOCCOCCOCCCc3ccc(N[O-])c4nonc34)oc2c1. The molecule has 0 aliphatic carbocycles. The number of furan rings is 1. The molecular formula is C32H36N5O10S-. The van der Waals surface area contributed by atoms with Crippen LogP contribution in [0, 0.1) is 5.21 Å². The van der Waals surface area contributed by atoms with E-state index in [1.165, 1.54) is 24.3 Å². The fraction of sp³-hybridized carbons (Fsp3) is 0.344. The van der Waals surface area contributed by atoms with Crippen LogP contribution in [0.15, 0.2) is 74.6 Å². The molecule has 16 heteroatoms. The van der Waals surface area contributed by atoms with Gasteiger partial charge in [-0.25, -0.2) is 17.8 Å². The van der Waals surface area contributed by atoms with Crippen LogP contribution in [-0.2, 0) is 30.7 Å². The van der Waals surface area contributed by atoms with Crippen molar-refractivity contribution in [3.05, 3.63) is 77.2 Å². The molecule has 0 aliphatic rings. The monoisotopic (exact) mass is 682 g/mol. The lowest BCUT2D eigenvalue weighted by Gasteiger charge is -2.12. The van der Waals surface area contributed by atoms with Crippen molar-refractivity contribution in [2.75, 3.05) is 70.7 Å². The molecule has 0 saturated heterocycles. The lowest BCUT2D eigenvalue weighted by atomic mass is 10.1. The van der Waals surface area contributed by atoms with Gasteiger partial charge in [0.05, 0.1) is 38.7 Å². The quantitative estimate of drug-likeness (QED) is 0.0934. The van der Waals surface area contributed by atoms with E-state index in [9.17, 15) is 18.4 Å². The molecule has 0 unspecified atom stereocenters. The first kappa shape index (κ1) is 34.6. The van der Waals surface area contributed by atoms with Gasteiger partial charge in [0.15, 0.2) is 11.3 Å². The minimum absolute atomic E-state index is 0.0774. The Morgan fingerprint density at radius 1 is 0.875 bits per heavy atom. The Morgan fingerprint density at radius 3 is 2.33 bits per heavy atom. The largest absolute Gasteiger partial charge is 0.761 e. The number of carbonyl (C=O) groups excluding carboxylic acids is 1. The summed E-state index contributed by atoms with van der Waals surface area (Å²) in [6, 6.07) is 16.4. The van der Waals surface area contributed by atoms with E-state index in [4.69, 9.17) is 28.0 Å². The summed E-state index contributed by atoms with van der Waals surface area (Å²) in [5.74, 6) is -0.947. The van der Waals surface area contributed by atoms with Crippen molar-refractivity contribution >= 4 is 49.3 Å². The van der Waals surface area contributed by atoms with Crippen LogP contribution in [0.3, 0.4) is 0 Å². The Morgan fingerprint density at radius 2 is 1.58 bits per heavy atom. The van der Waals surface area contributed by atoms with E-state index in [2.05, 4.69) is 15.0 Å². The molecule has 0 atom stereocenters. The van der Waals surface area contributed by atoms with Gasteiger partial charge < -0.3 is 39.0 Å². The third kappa shape index (κ3) is 8.78. The number of hydrogen-bond donors (Lipinski definition) is 2. The summed E-state index contributed by atoms with van der Waals surface area (Å²) in [6.07, 6.45) is 1.43. The molecule has 2 heterocycles. The molecule has 1 amide bonds. The van der Waals surface area contributed by atoms with E-state index in [0.29, 0.717) is 67.1 Å². The lowest BCUT2D eigenvalue weighted by molar-refractivity contribution is 0.00890. The highest BCUT2D eigenvalue weighted by Crippen LogP contribution is 2.27. The fourth-order valence-corrected chi connectivity index (χ4v) is 5.85. The number of hydrogen-bond acceptors (Lipinski definition) is 14. The Kier molecular flexibility index (Phi) is 11.8. The van der Waals surface area contributed by atoms with E-state index in [1.54, 1.807) is 24.3 Å². The summed E-state index contributed by atoms with van der Waals surface area (Å²) in [7, 11) is -0.518. The van der Waals surface area contributed by atoms with Crippen molar-refractivity contribution in [1.82, 2.24) is 15.0 Å². The number of carbonyl (C=O) groups is 1. The summed E-state index contributed by atoms with van der Waals surface area (Å²) >= 11 is 0. The van der Waals surface area contributed by atoms with Crippen molar-refractivity contribution in [3.8, 4) is 5.75 Å². The second kappa shape index (κ2) is 16.4. The predicted octanol–water partition coefficient (Wildman–Crippen LogP) is 4.12. The van der Waals surface area contributed by atoms with Crippen molar-refractivity contribution in [2.45, 2.75) is 17.7 Å². The third-order valence-electron chi connectivity index (χ3n) is 7.18. The number of aromatic nitrogens is 2. The number of amides is 1. The first-order valence-corrected chi connectivity index (χ1v) is 16.6. The molecule has 5 aromatic rings. The highest BCUT2D eigenvalue weighted by Gasteiger charge is 2.25. The van der Waals surface area contributed by atoms with Gasteiger partial charge in [-0.1, -0.05) is 18.2 Å². The topological polar surface area (TPSA) is 191 Å². The second-order valence-corrected chi connectivity index (χ2v) is 12.4. The maximum atomic E-state index is 13.1. The number of benzene rings is 3. The molecule has 2 aromatic heterocycles. The van der Waals surface area contributed by atoms with Gasteiger partial charge in [-0.2, -0.15) is 0 Å². The highest BCUT2D eigenvalue weighted by molar-refractivity contribution is 7.90. The Hall–Kier alpha value is -4.74. The standard InChI is InChI=1S/C32H36N5O10S/c1-37(2)24-11-9-23-20-28(46-27(23)21-24)32(38)36-48(40,41)29-8-4-3-7-26(29)45-19-18-44-17-16-43-15-14-42-13-5-6-22-10-12-25(33-39)31-30(22)34-47-35-31/h3-4,7-12,20-21,33H,5-6,13-19H2,1-2H3,(H,36,38)/q-1. The van der Waals surface area contributed by atoms with Gasteiger partial charge >= 0.3 is 5.91 Å². The molecule has 48 heavy (non-hydrogen) atoms. The molecule has 5 rings (SSSR count). The van der Waals surface area contributed by atoms with Gasteiger partial charge in [0.25, 0.3) is 10.0 Å². The minimum atomic E-state index is -4.27. The molecule has 0 fully saturated rings. The molecular weight excluding hydrogens is 646 g/mol. The number of ether oxygens (including phenoxy) is 4. The number of sulfonamides is 1. The zero-order valence-electron chi connectivity index (χ0n) is 26.5. The van der Waals surface area contributed by atoms with Crippen molar-refractivity contribution < 1.29 is 41.2 Å². The van der Waals surface area contributed by atoms with E-state index in [-0.39, 0.29) is 29.6 Å². The predicted molar refractivity (Wildman–Crippen MR) is 177 cm³/mol. The van der Waals surface area contributed by atoms with E-state index in [0.717, 1.165) is 17.7 Å². The lowest BCUT2D eigenvalue weighted by Crippen LogP contribution is -2.30. The van der Waals surface area contributed by atoms with Gasteiger partial charge in [0.2, 0.25) is 0 Å². The highest BCUT2D eigenvalue weighted by atomic mass is 32.2. The summed E-state index contributed by atoms with van der Waals surface area (Å²) in [6.45, 7) is 2.24. The van der Waals surface area contributed by atoms with Crippen molar-refractivity contribution in [2.24, 2.45) is 0 Å². The molecule has 0 aliphatic heterocycles. The summed E-state index contributed by atoms with van der Waals surface area (Å²) < 4.78 is 61.0. The van der Waals surface area contributed by atoms with Gasteiger partial charge in [0.1, 0.15) is 28.4 Å². The summed E-state index contributed by atoms with van der Waals surface area (Å²) in [5.41, 5.74) is 5.36. The first-order chi connectivity index (χ1) is 23.3. The van der Waals surface area contributed by atoms with Gasteiger partial charge in [-0.3, -0.25) is 4.79 Å². The van der Waals surface area contributed by atoms with Crippen LogP contribution < -0.4 is 19.8 Å². The van der Waals surface area contributed by atoms with E-state index in [1.807, 2.05) is 36.6 Å². The number of fused-ring (bicyclic) bond motifs is 2. The number of rotatable bonds is 19. The first-order valence-electron chi connectivity index (χ1n) is 15.1. The number of para-hydroxylation sites is 1. The van der Waals surface area contributed by atoms with Gasteiger partial charge in [-0.05, 0) is 65.1 Å². The van der Waals surface area contributed by atoms with Gasteiger partial charge in [-0.15, -0.1) is 0 Å². The third-order valence-corrected chi connectivity index (χ3v) is 8.55. The van der Waals surface area contributed by atoms with Crippen LogP contribution >= 0.6 is 0 Å². The molecule has 256 valence electrons. The number of nitrogens with zero attached hydrogens (tertiary/aromatic N) is 3. The van der Waals surface area contributed by atoms with Gasteiger partial charge in [0, 0.05) is 37.8 Å². The maximum absolute atomic E-state index is 13.1. The van der Waals surface area contributed by atoms with Crippen LogP contribution in [0.1, 0.15) is 22.5 Å². The summed E-state index contributed by atoms with van der Waals surface area (Å²) in [4.78, 5) is 14.5. The number of aryl methyl sites for hydroxylation is 1. The molecule has 3 aromatic carbocycles. The van der Waals surface area contributed by atoms with E-state index >= 15 is 0 Å². The van der Waals surface area contributed by atoms with Crippen LogP contribution in [0.2, 0.25) is 0 Å². The molecule has 2 N–H and O–H groups in total. The van der Waals surface area contributed by atoms with Crippen LogP contribution in [0.25, 0.3) is 22.0 Å². The maximum Gasteiger partial charge on any atom is 0.300 e. The number of nitrogens with one attached hydrogen (secondary N) is 2. The average Bonchev–Trinajstić information content (AvgIpc) is 3.75. The molecule has 0 saturated carbocycles. The van der Waals surface area contributed by atoms with Crippen LogP contribution in [0.5, 0.6) is 5.75 Å².